The van der Waals surface area contributed by atoms with E-state index in [0.29, 0.717) is 19.3 Å². The monoisotopic (exact) mass is 238 g/mol. The molecule has 2 N–H and O–H groups in total. The molecule has 1 amide bonds. The van der Waals surface area contributed by atoms with Crippen molar-refractivity contribution in [1.29, 1.82) is 5.26 Å². The third-order valence-corrected chi connectivity index (χ3v) is 3.35. The predicted molar refractivity (Wildman–Crippen MR) is 60.9 cm³/mol. The number of carboxylic acids is 1. The molecule has 0 aromatic carbocycles. The van der Waals surface area contributed by atoms with Gasteiger partial charge < -0.3 is 10.4 Å². The fraction of sp³-hybridized carbons (Fsp3) is 0.750. The van der Waals surface area contributed by atoms with Gasteiger partial charge in [-0.3, -0.25) is 9.59 Å². The third-order valence-electron chi connectivity index (χ3n) is 3.35. The quantitative estimate of drug-likeness (QED) is 0.755. The van der Waals surface area contributed by atoms with Gasteiger partial charge in [-0.25, -0.2) is 0 Å². The molecule has 94 valence electrons. The molecule has 3 atom stereocenters. The molecule has 1 aliphatic rings. The number of hydrogen-bond acceptors (Lipinski definition) is 3. The summed E-state index contributed by atoms with van der Waals surface area (Å²) < 4.78 is 0. The lowest BCUT2D eigenvalue weighted by Crippen LogP contribution is -2.40. The van der Waals surface area contributed by atoms with Crippen molar-refractivity contribution in [2.24, 2.45) is 11.8 Å². The Balaban J connectivity index is 2.57. The maximum absolute atomic E-state index is 11.9. The van der Waals surface area contributed by atoms with Crippen molar-refractivity contribution >= 4 is 11.9 Å². The zero-order chi connectivity index (χ0) is 12.8. The highest BCUT2D eigenvalue weighted by Crippen LogP contribution is 2.32. The van der Waals surface area contributed by atoms with E-state index in [0.717, 1.165) is 6.42 Å². The predicted octanol–water partition coefficient (Wildman–Crippen LogP) is 1.30. The number of aliphatic carboxylic acids is 1. The Kier molecular flexibility index (Phi) is 4.95. The largest absolute Gasteiger partial charge is 0.481 e. The second kappa shape index (κ2) is 6.24. The minimum Gasteiger partial charge on any atom is -0.481 e. The summed E-state index contributed by atoms with van der Waals surface area (Å²) in [6.45, 7) is 1.89. The van der Waals surface area contributed by atoms with E-state index in [2.05, 4.69) is 5.32 Å². The second-order valence-corrected chi connectivity index (χ2v) is 4.46. The molecular formula is C12H18N2O3. The number of nitrogens with zero attached hydrogens (tertiary/aromatic N) is 1. The lowest BCUT2D eigenvalue weighted by Gasteiger charge is -2.19. The summed E-state index contributed by atoms with van der Waals surface area (Å²) in [6.07, 6.45) is 2.94. The van der Waals surface area contributed by atoms with Crippen molar-refractivity contribution in [3.05, 3.63) is 0 Å². The van der Waals surface area contributed by atoms with Gasteiger partial charge in [0.15, 0.2) is 0 Å². The van der Waals surface area contributed by atoms with Gasteiger partial charge in [0.2, 0.25) is 5.91 Å². The topological polar surface area (TPSA) is 90.2 Å². The Morgan fingerprint density at radius 3 is 2.65 bits per heavy atom. The molecular weight excluding hydrogens is 220 g/mol. The Hall–Kier alpha value is -1.57. The first-order valence-electron chi connectivity index (χ1n) is 6.00. The average molecular weight is 238 g/mol. The molecule has 0 heterocycles. The van der Waals surface area contributed by atoms with E-state index in [4.69, 9.17) is 10.4 Å². The molecule has 0 spiro atoms. The van der Waals surface area contributed by atoms with Gasteiger partial charge >= 0.3 is 5.97 Å². The van der Waals surface area contributed by atoms with Crippen molar-refractivity contribution in [3.63, 3.8) is 0 Å². The maximum Gasteiger partial charge on any atom is 0.307 e. The van der Waals surface area contributed by atoms with Crippen LogP contribution in [0.3, 0.4) is 0 Å². The van der Waals surface area contributed by atoms with Crippen LogP contribution < -0.4 is 5.32 Å². The first kappa shape index (κ1) is 13.5. The van der Waals surface area contributed by atoms with Gasteiger partial charge in [-0.2, -0.15) is 5.26 Å². The second-order valence-electron chi connectivity index (χ2n) is 4.46. The summed E-state index contributed by atoms with van der Waals surface area (Å²) >= 11 is 0. The molecule has 0 aliphatic heterocycles. The summed E-state index contributed by atoms with van der Waals surface area (Å²) in [7, 11) is 0. The van der Waals surface area contributed by atoms with Gasteiger partial charge in [0.25, 0.3) is 0 Å². The molecule has 17 heavy (non-hydrogen) atoms. The lowest BCUT2D eigenvalue weighted by atomic mass is 9.95. The molecule has 1 saturated carbocycles. The Morgan fingerprint density at radius 1 is 1.47 bits per heavy atom. The smallest absolute Gasteiger partial charge is 0.307 e. The molecule has 0 aromatic heterocycles. The molecule has 1 aliphatic carbocycles. The molecule has 1 fully saturated rings. The summed E-state index contributed by atoms with van der Waals surface area (Å²) in [6, 6.07) is 1.85. The number of carbonyl (C=O) groups is 2. The number of rotatable bonds is 5. The van der Waals surface area contributed by atoms with Gasteiger partial charge in [-0.05, 0) is 19.3 Å². The van der Waals surface area contributed by atoms with Crippen LogP contribution in [0, 0.1) is 23.2 Å². The van der Waals surface area contributed by atoms with Crippen molar-refractivity contribution in [2.75, 3.05) is 0 Å². The van der Waals surface area contributed by atoms with Crippen LogP contribution in [0.5, 0.6) is 0 Å². The first-order valence-corrected chi connectivity index (χ1v) is 6.00. The molecule has 5 heteroatoms. The van der Waals surface area contributed by atoms with Crippen LogP contribution in [0.25, 0.3) is 0 Å². The van der Waals surface area contributed by atoms with E-state index < -0.39 is 17.8 Å². The number of nitriles is 1. The SMILES string of the molecule is CCC(CC#N)NC(=O)[C@@H]1CCC[C@@H]1C(=O)O. The molecule has 0 aromatic rings. The highest BCUT2D eigenvalue weighted by molar-refractivity contribution is 5.85. The number of nitrogens with one attached hydrogen (secondary N) is 1. The van der Waals surface area contributed by atoms with Crippen LogP contribution in [0.1, 0.15) is 39.0 Å². The molecule has 0 radical (unpaired) electrons. The maximum atomic E-state index is 11.9. The highest BCUT2D eigenvalue weighted by Gasteiger charge is 2.38. The van der Waals surface area contributed by atoms with Crippen LogP contribution in [-0.4, -0.2) is 23.0 Å². The Bertz CT molecular complexity index is 335. The lowest BCUT2D eigenvalue weighted by molar-refractivity contribution is -0.146. The summed E-state index contributed by atoms with van der Waals surface area (Å²) in [5.41, 5.74) is 0. The van der Waals surface area contributed by atoms with Gasteiger partial charge in [0.1, 0.15) is 0 Å². The van der Waals surface area contributed by atoms with Crippen LogP contribution in [0.2, 0.25) is 0 Å². The van der Waals surface area contributed by atoms with Gasteiger partial charge in [-0.1, -0.05) is 13.3 Å². The minimum atomic E-state index is -0.893. The van der Waals surface area contributed by atoms with E-state index in [-0.39, 0.29) is 18.4 Å². The Morgan fingerprint density at radius 2 is 2.12 bits per heavy atom. The van der Waals surface area contributed by atoms with Gasteiger partial charge in [0.05, 0.1) is 24.3 Å². The fourth-order valence-corrected chi connectivity index (χ4v) is 2.29. The van der Waals surface area contributed by atoms with E-state index in [9.17, 15) is 9.59 Å². The van der Waals surface area contributed by atoms with Crippen molar-refractivity contribution < 1.29 is 14.7 Å². The van der Waals surface area contributed by atoms with Crippen LogP contribution in [0.4, 0.5) is 0 Å². The molecule has 0 saturated heterocycles. The third kappa shape index (κ3) is 3.45. The number of carbonyl (C=O) groups excluding carboxylic acids is 1. The molecule has 5 nitrogen and oxygen atoms in total. The van der Waals surface area contributed by atoms with Gasteiger partial charge in [0, 0.05) is 6.04 Å². The molecule has 1 unspecified atom stereocenters. The van der Waals surface area contributed by atoms with E-state index in [1.165, 1.54) is 0 Å². The van der Waals surface area contributed by atoms with Gasteiger partial charge in [-0.15, -0.1) is 0 Å². The summed E-state index contributed by atoms with van der Waals surface area (Å²) in [5, 5.41) is 20.4. The number of carboxylic acid groups (broad SMARTS) is 1. The zero-order valence-electron chi connectivity index (χ0n) is 9.98. The van der Waals surface area contributed by atoms with Crippen molar-refractivity contribution in [1.82, 2.24) is 5.32 Å². The molecule has 1 rings (SSSR count). The van der Waals surface area contributed by atoms with Crippen LogP contribution in [-0.2, 0) is 9.59 Å². The standard InChI is InChI=1S/C12H18N2O3/c1-2-8(6-7-13)14-11(15)9-4-3-5-10(9)12(16)17/h8-10H,2-6H2,1H3,(H,14,15)(H,16,17)/t8?,9-,10+/m1/s1. The normalized spacial score (nSPS) is 24.9. The van der Waals surface area contributed by atoms with E-state index in [1.54, 1.807) is 0 Å². The zero-order valence-corrected chi connectivity index (χ0v) is 9.98. The average Bonchev–Trinajstić information content (AvgIpc) is 2.77. The van der Waals surface area contributed by atoms with Crippen LogP contribution in [0.15, 0.2) is 0 Å². The van der Waals surface area contributed by atoms with Crippen LogP contribution >= 0.6 is 0 Å². The fourth-order valence-electron chi connectivity index (χ4n) is 2.29. The Labute approximate surface area is 101 Å². The van der Waals surface area contributed by atoms with Crippen molar-refractivity contribution in [2.45, 2.75) is 45.1 Å². The summed E-state index contributed by atoms with van der Waals surface area (Å²) in [4.78, 5) is 22.9. The molecule has 0 bridgehead atoms. The first-order chi connectivity index (χ1) is 8.10. The highest BCUT2D eigenvalue weighted by atomic mass is 16.4. The van der Waals surface area contributed by atoms with E-state index >= 15 is 0 Å². The number of hydrogen-bond donors (Lipinski definition) is 2. The number of amides is 1. The van der Waals surface area contributed by atoms with E-state index in [1.807, 2.05) is 13.0 Å². The minimum absolute atomic E-state index is 0.164. The summed E-state index contributed by atoms with van der Waals surface area (Å²) in [5.74, 6) is -2.09. The van der Waals surface area contributed by atoms with Crippen molar-refractivity contribution in [3.8, 4) is 6.07 Å².